The van der Waals surface area contributed by atoms with Crippen molar-refractivity contribution in [3.63, 3.8) is 0 Å². The van der Waals surface area contributed by atoms with E-state index < -0.39 is 0 Å². The average molecular weight is 404 g/mol. The van der Waals surface area contributed by atoms with Crippen LogP contribution in [0.2, 0.25) is 5.02 Å². The minimum atomic E-state index is -0.197. The van der Waals surface area contributed by atoms with Gasteiger partial charge >= 0.3 is 0 Å². The van der Waals surface area contributed by atoms with Crippen molar-refractivity contribution in [3.8, 4) is 11.3 Å². The summed E-state index contributed by atoms with van der Waals surface area (Å²) < 4.78 is 0. The number of aromatic nitrogens is 2. The van der Waals surface area contributed by atoms with Gasteiger partial charge in [0.25, 0.3) is 0 Å². The van der Waals surface area contributed by atoms with Gasteiger partial charge in [0.15, 0.2) is 11.6 Å². The maximum absolute atomic E-state index is 13.3. The zero-order valence-electron chi connectivity index (χ0n) is 16.4. The largest absolute Gasteiger partial charge is 0.342 e. The van der Waals surface area contributed by atoms with E-state index in [9.17, 15) is 4.79 Å². The first kappa shape index (κ1) is 18.2. The van der Waals surface area contributed by atoms with E-state index in [-0.39, 0.29) is 17.1 Å². The second kappa shape index (κ2) is 6.60. The second-order valence-corrected chi connectivity index (χ2v) is 9.11. The maximum atomic E-state index is 13.3. The van der Waals surface area contributed by atoms with Crippen LogP contribution in [0.15, 0.2) is 65.9 Å². The topological polar surface area (TPSA) is 57.8 Å². The van der Waals surface area contributed by atoms with Crippen LogP contribution in [0.4, 0.5) is 5.82 Å². The number of ketones is 1. The highest BCUT2D eigenvalue weighted by Gasteiger charge is 2.42. The fourth-order valence-electron chi connectivity index (χ4n) is 4.64. The van der Waals surface area contributed by atoms with Gasteiger partial charge in [-0.2, -0.15) is 5.10 Å². The van der Waals surface area contributed by atoms with Crippen LogP contribution in [-0.4, -0.2) is 16.0 Å². The van der Waals surface area contributed by atoms with Crippen molar-refractivity contribution in [2.45, 2.75) is 32.6 Å². The molecule has 1 aliphatic carbocycles. The molecule has 0 spiro atoms. The summed E-state index contributed by atoms with van der Waals surface area (Å²) in [6.45, 7) is 4.28. The van der Waals surface area contributed by atoms with Crippen molar-refractivity contribution in [2.75, 3.05) is 5.32 Å². The van der Waals surface area contributed by atoms with Gasteiger partial charge in [0.2, 0.25) is 0 Å². The SMILES string of the molecule is CC1(C)CC(=O)C2=C(C1)Nc1n[nH]c(-c3ccccc3)c1C2c1cccc(Cl)c1. The molecule has 0 saturated heterocycles. The third-order valence-corrected chi connectivity index (χ3v) is 6.05. The van der Waals surface area contributed by atoms with Gasteiger partial charge in [-0.1, -0.05) is 67.9 Å². The number of H-pyrrole nitrogens is 1. The van der Waals surface area contributed by atoms with E-state index in [1.165, 1.54) is 0 Å². The Morgan fingerprint density at radius 3 is 2.62 bits per heavy atom. The van der Waals surface area contributed by atoms with Gasteiger partial charge in [-0.05, 0) is 35.1 Å². The normalized spacial score (nSPS) is 20.1. The van der Waals surface area contributed by atoms with Crippen LogP contribution in [0.3, 0.4) is 0 Å². The highest BCUT2D eigenvalue weighted by Crippen LogP contribution is 2.51. The molecule has 2 aliphatic rings. The molecule has 146 valence electrons. The van der Waals surface area contributed by atoms with E-state index in [1.807, 2.05) is 42.5 Å². The number of rotatable bonds is 2. The Bertz CT molecular complexity index is 1140. The molecular formula is C24H22ClN3O. The molecule has 1 aliphatic heterocycles. The van der Waals surface area contributed by atoms with E-state index in [0.717, 1.165) is 45.9 Å². The Kier molecular flexibility index (Phi) is 4.14. The van der Waals surface area contributed by atoms with E-state index in [4.69, 9.17) is 11.6 Å². The number of hydrogen-bond acceptors (Lipinski definition) is 3. The first-order chi connectivity index (χ1) is 13.9. The van der Waals surface area contributed by atoms with Gasteiger partial charge in [-0.3, -0.25) is 9.89 Å². The lowest BCUT2D eigenvalue weighted by molar-refractivity contribution is -0.118. The fourth-order valence-corrected chi connectivity index (χ4v) is 4.84. The van der Waals surface area contributed by atoms with Crippen molar-refractivity contribution >= 4 is 23.2 Å². The zero-order chi connectivity index (χ0) is 20.2. The zero-order valence-corrected chi connectivity index (χ0v) is 17.2. The number of allylic oxidation sites excluding steroid dienone is 2. The quantitative estimate of drug-likeness (QED) is 0.557. The lowest BCUT2D eigenvalue weighted by Crippen LogP contribution is -2.33. The fraction of sp³-hybridized carbons (Fsp3) is 0.250. The predicted octanol–water partition coefficient (Wildman–Crippen LogP) is 5.93. The molecule has 1 aromatic heterocycles. The molecule has 0 fully saturated rings. The van der Waals surface area contributed by atoms with Crippen LogP contribution in [0.5, 0.6) is 0 Å². The van der Waals surface area contributed by atoms with E-state index >= 15 is 0 Å². The molecule has 0 bridgehead atoms. The average Bonchev–Trinajstić information content (AvgIpc) is 3.09. The summed E-state index contributed by atoms with van der Waals surface area (Å²) in [6.07, 6.45) is 1.36. The maximum Gasteiger partial charge on any atom is 0.162 e. The molecule has 5 heteroatoms. The number of anilines is 1. The molecule has 1 atom stereocenters. The third kappa shape index (κ3) is 3.08. The summed E-state index contributed by atoms with van der Waals surface area (Å²) in [4.78, 5) is 13.3. The van der Waals surface area contributed by atoms with Crippen molar-refractivity contribution in [2.24, 2.45) is 5.41 Å². The standard InChI is InChI=1S/C24H22ClN3O/c1-24(2)12-17-20(18(29)13-24)19(15-9-6-10-16(25)11-15)21-22(27-28-23(21)26-17)14-7-4-3-5-8-14/h3-11,19H,12-13H2,1-2H3,(H2,26,27,28). The minimum absolute atomic E-state index is 0.0716. The molecule has 1 unspecified atom stereocenters. The number of benzene rings is 2. The number of carbonyl (C=O) groups is 1. The molecule has 5 rings (SSSR count). The van der Waals surface area contributed by atoms with Crippen LogP contribution in [-0.2, 0) is 4.79 Å². The highest BCUT2D eigenvalue weighted by atomic mass is 35.5. The Balaban J connectivity index is 1.76. The van der Waals surface area contributed by atoms with Crippen LogP contribution in [0, 0.1) is 5.41 Å². The van der Waals surface area contributed by atoms with Crippen LogP contribution in [0.25, 0.3) is 11.3 Å². The summed E-state index contributed by atoms with van der Waals surface area (Å²) in [5.74, 6) is 0.787. The number of nitrogens with zero attached hydrogens (tertiary/aromatic N) is 1. The molecule has 2 heterocycles. The molecule has 2 N–H and O–H groups in total. The van der Waals surface area contributed by atoms with E-state index in [2.05, 4.69) is 41.5 Å². The molecule has 0 saturated carbocycles. The third-order valence-electron chi connectivity index (χ3n) is 5.82. The summed E-state index contributed by atoms with van der Waals surface area (Å²) in [7, 11) is 0. The van der Waals surface area contributed by atoms with Gasteiger partial charge in [-0.25, -0.2) is 0 Å². The Labute approximate surface area is 175 Å². The first-order valence-electron chi connectivity index (χ1n) is 9.85. The van der Waals surface area contributed by atoms with Crippen molar-refractivity contribution in [1.29, 1.82) is 0 Å². The van der Waals surface area contributed by atoms with E-state index in [1.54, 1.807) is 0 Å². The smallest absolute Gasteiger partial charge is 0.162 e. The second-order valence-electron chi connectivity index (χ2n) is 8.67. The minimum Gasteiger partial charge on any atom is -0.342 e. The number of hydrogen-bond donors (Lipinski definition) is 2. The van der Waals surface area contributed by atoms with Crippen LogP contribution >= 0.6 is 11.6 Å². The molecule has 0 amide bonds. The van der Waals surface area contributed by atoms with Crippen LogP contribution in [0.1, 0.15) is 43.7 Å². The lowest BCUT2D eigenvalue weighted by Gasteiger charge is -2.38. The number of nitrogens with one attached hydrogen (secondary N) is 2. The monoisotopic (exact) mass is 403 g/mol. The molecular weight excluding hydrogens is 382 g/mol. The van der Waals surface area contributed by atoms with Crippen molar-refractivity contribution in [1.82, 2.24) is 10.2 Å². The number of aromatic amines is 1. The molecule has 0 radical (unpaired) electrons. The van der Waals surface area contributed by atoms with Gasteiger partial charge in [0.1, 0.15) is 0 Å². The Morgan fingerprint density at radius 1 is 1.07 bits per heavy atom. The number of halogens is 1. The summed E-state index contributed by atoms with van der Waals surface area (Å²) in [5.41, 5.74) is 5.75. The Hall–Kier alpha value is -2.85. The van der Waals surface area contributed by atoms with Gasteiger partial charge in [-0.15, -0.1) is 0 Å². The number of fused-ring (bicyclic) bond motifs is 1. The molecule has 3 aromatic rings. The number of Topliss-reactive ketones (excluding diaryl/α,β-unsaturated/α-hetero) is 1. The summed E-state index contributed by atoms with van der Waals surface area (Å²) in [5, 5.41) is 11.9. The molecule has 2 aromatic carbocycles. The number of carbonyl (C=O) groups excluding carboxylic acids is 1. The lowest BCUT2D eigenvalue weighted by atomic mass is 9.69. The van der Waals surface area contributed by atoms with Gasteiger partial charge in [0, 0.05) is 34.2 Å². The van der Waals surface area contributed by atoms with Crippen molar-refractivity contribution < 1.29 is 4.79 Å². The predicted molar refractivity (Wildman–Crippen MR) is 116 cm³/mol. The summed E-state index contributed by atoms with van der Waals surface area (Å²) >= 11 is 6.34. The van der Waals surface area contributed by atoms with E-state index in [0.29, 0.717) is 11.4 Å². The highest BCUT2D eigenvalue weighted by molar-refractivity contribution is 6.30. The van der Waals surface area contributed by atoms with Gasteiger partial charge < -0.3 is 5.32 Å². The molecule has 29 heavy (non-hydrogen) atoms. The molecule has 4 nitrogen and oxygen atoms in total. The summed E-state index contributed by atoms with van der Waals surface area (Å²) in [6, 6.07) is 17.9. The van der Waals surface area contributed by atoms with Crippen molar-refractivity contribution in [3.05, 3.63) is 82.0 Å². The Morgan fingerprint density at radius 2 is 1.86 bits per heavy atom. The van der Waals surface area contributed by atoms with Gasteiger partial charge in [0.05, 0.1) is 5.69 Å². The van der Waals surface area contributed by atoms with Crippen LogP contribution < -0.4 is 5.32 Å². The first-order valence-corrected chi connectivity index (χ1v) is 10.2.